The van der Waals surface area contributed by atoms with Gasteiger partial charge >= 0.3 is 12.2 Å². The third-order valence-electron chi connectivity index (χ3n) is 4.85. The van der Waals surface area contributed by atoms with Gasteiger partial charge in [-0.15, -0.1) is 0 Å². The van der Waals surface area contributed by atoms with E-state index < -0.39 is 24.3 Å². The van der Waals surface area contributed by atoms with Crippen molar-refractivity contribution in [3.63, 3.8) is 0 Å². The van der Waals surface area contributed by atoms with E-state index in [4.69, 9.17) is 21.1 Å². The van der Waals surface area contributed by atoms with Crippen molar-refractivity contribution in [2.75, 3.05) is 13.2 Å². The van der Waals surface area contributed by atoms with Crippen LogP contribution in [0, 0.1) is 0 Å². The zero-order valence-corrected chi connectivity index (χ0v) is 15.8. The van der Waals surface area contributed by atoms with Gasteiger partial charge in [-0.3, -0.25) is 0 Å². The normalized spacial score (nSPS) is 19.4. The fourth-order valence-corrected chi connectivity index (χ4v) is 4.10. The molecule has 5 rings (SSSR count). The average molecular weight is 387 g/mol. The molecule has 2 atom stereocenters. The summed E-state index contributed by atoms with van der Waals surface area (Å²) in [5, 5.41) is 3.29. The van der Waals surface area contributed by atoms with Gasteiger partial charge in [-0.05, 0) is 48.2 Å². The van der Waals surface area contributed by atoms with Crippen LogP contribution in [0.5, 0.6) is 0 Å². The largest absolute Gasteiger partial charge is 0.448 e. The van der Waals surface area contributed by atoms with E-state index in [0.29, 0.717) is 5.02 Å². The lowest BCUT2D eigenvalue weighted by Gasteiger charge is -2.52. The summed E-state index contributed by atoms with van der Waals surface area (Å²) in [6, 6.07) is 12.3. The van der Waals surface area contributed by atoms with Gasteiger partial charge in [0.15, 0.2) is 0 Å². The fourth-order valence-electron chi connectivity index (χ4n) is 3.92. The van der Waals surface area contributed by atoms with Crippen molar-refractivity contribution < 1.29 is 19.1 Å². The molecule has 2 heterocycles. The molecule has 3 aliphatic rings. The summed E-state index contributed by atoms with van der Waals surface area (Å²) < 4.78 is 10.5. The number of carbonyl (C=O) groups is 2. The maximum absolute atomic E-state index is 12.8. The number of ether oxygens (including phenoxy) is 2. The molecular weight excluding hydrogens is 368 g/mol. The maximum Gasteiger partial charge on any atom is 0.429 e. The summed E-state index contributed by atoms with van der Waals surface area (Å²) in [6.07, 6.45) is -1.18. The van der Waals surface area contributed by atoms with E-state index in [2.05, 4.69) is 0 Å². The van der Waals surface area contributed by atoms with Gasteiger partial charge in [0.2, 0.25) is 0 Å². The molecular formula is C20H19ClN2O4. The Kier molecular flexibility index (Phi) is 4.44. The van der Waals surface area contributed by atoms with Crippen molar-refractivity contribution >= 4 is 23.8 Å². The molecule has 6 nitrogen and oxygen atoms in total. The standard InChI is InChI=1S/C20H19ClN2O4/c1-3-26-19(24)22-17-13-7-5-6-8-14(13)18(23(22)20(25)27-4-2)16-11-12(21)9-10-15(16)17/h5-11,17-18H,3-4H2,1-2H3/t17-,18+/m0/s1. The minimum atomic E-state index is -0.597. The maximum atomic E-state index is 12.8. The van der Waals surface area contributed by atoms with Crippen LogP contribution < -0.4 is 0 Å². The Hall–Kier alpha value is -2.73. The highest BCUT2D eigenvalue weighted by Gasteiger charge is 2.52. The van der Waals surface area contributed by atoms with Crippen molar-refractivity contribution in [2.24, 2.45) is 0 Å². The van der Waals surface area contributed by atoms with Crippen molar-refractivity contribution in [1.29, 1.82) is 0 Å². The van der Waals surface area contributed by atoms with Crippen LogP contribution in [0.2, 0.25) is 5.02 Å². The summed E-state index contributed by atoms with van der Waals surface area (Å²) in [5.74, 6) is 0. The molecule has 2 aliphatic heterocycles. The van der Waals surface area contributed by atoms with E-state index >= 15 is 0 Å². The Bertz CT molecular complexity index is 917. The van der Waals surface area contributed by atoms with Crippen LogP contribution in [0.25, 0.3) is 0 Å². The Labute approximate surface area is 162 Å². The van der Waals surface area contributed by atoms with Gasteiger partial charge in [-0.25, -0.2) is 19.6 Å². The number of amides is 2. The number of rotatable bonds is 2. The first-order valence-electron chi connectivity index (χ1n) is 8.88. The molecule has 140 valence electrons. The van der Waals surface area contributed by atoms with Crippen molar-refractivity contribution in [2.45, 2.75) is 25.9 Å². The molecule has 0 saturated carbocycles. The lowest BCUT2D eigenvalue weighted by molar-refractivity contribution is -0.0710. The van der Waals surface area contributed by atoms with E-state index in [1.54, 1.807) is 19.9 Å². The van der Waals surface area contributed by atoms with Gasteiger partial charge in [0.1, 0.15) is 12.1 Å². The lowest BCUT2D eigenvalue weighted by Crippen LogP contribution is -2.59. The van der Waals surface area contributed by atoms with E-state index in [0.717, 1.165) is 22.3 Å². The molecule has 0 saturated heterocycles. The van der Waals surface area contributed by atoms with Gasteiger partial charge in [0.05, 0.1) is 13.2 Å². The molecule has 2 aromatic carbocycles. The molecule has 0 aromatic heterocycles. The number of halogens is 1. The molecule has 0 unspecified atom stereocenters. The second-order valence-electron chi connectivity index (χ2n) is 6.29. The van der Waals surface area contributed by atoms with Crippen LogP contribution in [0.3, 0.4) is 0 Å². The summed E-state index contributed by atoms with van der Waals surface area (Å²) in [4.78, 5) is 25.7. The second-order valence-corrected chi connectivity index (χ2v) is 6.73. The molecule has 1 aliphatic carbocycles. The second kappa shape index (κ2) is 6.78. The number of hydrazine groups is 1. The SMILES string of the molecule is CCOC(=O)N1[C@H]2c3ccccc3[C@H](c3cc(Cl)ccc32)N1C(=O)OCC. The quantitative estimate of drug-likeness (QED) is 0.752. The number of benzene rings is 2. The monoisotopic (exact) mass is 386 g/mol. The summed E-state index contributed by atoms with van der Waals surface area (Å²) in [7, 11) is 0. The fraction of sp³-hybridized carbons (Fsp3) is 0.300. The molecule has 27 heavy (non-hydrogen) atoms. The summed E-state index contributed by atoms with van der Waals surface area (Å²) >= 11 is 6.24. The van der Waals surface area contributed by atoms with Crippen molar-refractivity contribution in [3.05, 3.63) is 69.7 Å². The van der Waals surface area contributed by atoms with E-state index in [9.17, 15) is 9.59 Å². The zero-order chi connectivity index (χ0) is 19.1. The number of nitrogens with zero attached hydrogens (tertiary/aromatic N) is 2. The average Bonchev–Trinajstić information content (AvgIpc) is 2.67. The van der Waals surface area contributed by atoms with Crippen LogP contribution in [-0.2, 0) is 9.47 Å². The number of carbonyl (C=O) groups excluding carboxylic acids is 2. The summed E-state index contributed by atoms with van der Waals surface area (Å²) in [6.45, 7) is 3.87. The van der Waals surface area contributed by atoms with Crippen LogP contribution in [0.4, 0.5) is 9.59 Å². The van der Waals surface area contributed by atoms with E-state index in [1.165, 1.54) is 10.0 Å². The number of fused-ring (bicyclic) bond motifs is 1. The predicted molar refractivity (Wildman–Crippen MR) is 99.3 cm³/mol. The lowest BCUT2D eigenvalue weighted by atomic mass is 9.76. The third kappa shape index (κ3) is 2.63. The molecule has 0 fully saturated rings. The number of hydrogen-bond acceptors (Lipinski definition) is 4. The Morgan fingerprint density at radius 1 is 0.852 bits per heavy atom. The molecule has 0 N–H and O–H groups in total. The topological polar surface area (TPSA) is 59.1 Å². The van der Waals surface area contributed by atoms with Gasteiger partial charge in [0.25, 0.3) is 0 Å². The first kappa shape index (κ1) is 17.7. The Morgan fingerprint density at radius 3 is 1.85 bits per heavy atom. The van der Waals surface area contributed by atoms with Gasteiger partial charge in [0, 0.05) is 5.02 Å². The molecule has 0 radical (unpaired) electrons. The minimum Gasteiger partial charge on any atom is -0.448 e. The molecule has 2 aromatic rings. The molecule has 7 heteroatoms. The third-order valence-corrected chi connectivity index (χ3v) is 5.09. The first-order chi connectivity index (χ1) is 13.1. The smallest absolute Gasteiger partial charge is 0.429 e. The van der Waals surface area contributed by atoms with Crippen LogP contribution in [0.15, 0.2) is 42.5 Å². The van der Waals surface area contributed by atoms with Crippen LogP contribution in [0.1, 0.15) is 48.2 Å². The molecule has 2 amide bonds. The van der Waals surface area contributed by atoms with Crippen LogP contribution >= 0.6 is 11.6 Å². The highest BCUT2D eigenvalue weighted by Crippen LogP contribution is 2.53. The first-order valence-corrected chi connectivity index (χ1v) is 9.26. The molecule has 0 spiro atoms. The Morgan fingerprint density at radius 2 is 1.33 bits per heavy atom. The highest BCUT2D eigenvalue weighted by atomic mass is 35.5. The van der Waals surface area contributed by atoms with Gasteiger partial charge < -0.3 is 9.47 Å². The van der Waals surface area contributed by atoms with E-state index in [-0.39, 0.29) is 13.2 Å². The Balaban J connectivity index is 1.96. The highest BCUT2D eigenvalue weighted by molar-refractivity contribution is 6.30. The van der Waals surface area contributed by atoms with Crippen molar-refractivity contribution in [3.8, 4) is 0 Å². The number of hydrogen-bond donors (Lipinski definition) is 0. The van der Waals surface area contributed by atoms with Crippen LogP contribution in [-0.4, -0.2) is 35.4 Å². The zero-order valence-electron chi connectivity index (χ0n) is 15.0. The minimum absolute atomic E-state index is 0.202. The van der Waals surface area contributed by atoms with Gasteiger partial charge in [-0.1, -0.05) is 41.9 Å². The van der Waals surface area contributed by atoms with Crippen molar-refractivity contribution in [1.82, 2.24) is 10.0 Å². The molecule has 2 bridgehead atoms. The van der Waals surface area contributed by atoms with E-state index in [1.807, 2.05) is 36.4 Å². The van der Waals surface area contributed by atoms with Gasteiger partial charge in [-0.2, -0.15) is 0 Å². The summed E-state index contributed by atoms with van der Waals surface area (Å²) in [5.41, 5.74) is 3.73. The predicted octanol–water partition coefficient (Wildman–Crippen LogP) is 4.68.